The van der Waals surface area contributed by atoms with Gasteiger partial charge in [-0.25, -0.2) is 9.18 Å². The summed E-state index contributed by atoms with van der Waals surface area (Å²) in [7, 11) is 0. The highest BCUT2D eigenvalue weighted by molar-refractivity contribution is 6.35. The molecule has 0 amide bonds. The summed E-state index contributed by atoms with van der Waals surface area (Å²) in [5.74, 6) is -1.52. The zero-order valence-corrected chi connectivity index (χ0v) is 9.25. The number of nitrogens with zero attached hydrogens (tertiary/aromatic N) is 1. The Bertz CT molecular complexity index is 577. The molecule has 0 radical (unpaired) electrons. The number of carboxylic acid groups (broad SMARTS) is 1. The van der Waals surface area contributed by atoms with Crippen LogP contribution in [0.1, 0.15) is 17.4 Å². The molecule has 84 valence electrons. The van der Waals surface area contributed by atoms with Gasteiger partial charge >= 0.3 is 5.97 Å². The van der Waals surface area contributed by atoms with E-state index >= 15 is 0 Å². The second-order valence-corrected chi connectivity index (χ2v) is 3.81. The number of carbonyl (C=O) groups is 1. The molecule has 2 rings (SSSR count). The van der Waals surface area contributed by atoms with Crippen molar-refractivity contribution in [2.75, 3.05) is 0 Å². The van der Waals surface area contributed by atoms with Gasteiger partial charge in [-0.3, -0.25) is 0 Å². The van der Waals surface area contributed by atoms with Crippen LogP contribution in [0, 0.1) is 5.82 Å². The Morgan fingerprint density at radius 1 is 1.50 bits per heavy atom. The molecule has 16 heavy (non-hydrogen) atoms. The molecule has 0 unspecified atom stereocenters. The van der Waals surface area contributed by atoms with E-state index in [-0.39, 0.29) is 10.7 Å². The number of halogens is 2. The van der Waals surface area contributed by atoms with Gasteiger partial charge in [0.15, 0.2) is 0 Å². The topological polar surface area (TPSA) is 42.2 Å². The second kappa shape index (κ2) is 3.79. The number of hydrogen-bond acceptors (Lipinski definition) is 1. The van der Waals surface area contributed by atoms with Crippen LogP contribution in [0.25, 0.3) is 10.9 Å². The van der Waals surface area contributed by atoms with E-state index in [1.807, 2.05) is 6.92 Å². The van der Waals surface area contributed by atoms with E-state index in [0.29, 0.717) is 17.4 Å². The molecule has 0 saturated heterocycles. The first kappa shape index (κ1) is 11.0. The van der Waals surface area contributed by atoms with Crippen molar-refractivity contribution in [3.8, 4) is 0 Å². The van der Waals surface area contributed by atoms with E-state index < -0.39 is 11.8 Å². The monoisotopic (exact) mass is 241 g/mol. The Hall–Kier alpha value is -1.55. The number of hydrogen-bond donors (Lipinski definition) is 1. The third-order valence-corrected chi connectivity index (χ3v) is 2.73. The van der Waals surface area contributed by atoms with Gasteiger partial charge in [-0.05, 0) is 25.1 Å². The maximum absolute atomic E-state index is 13.1. The number of fused-ring (bicyclic) bond motifs is 1. The lowest BCUT2D eigenvalue weighted by atomic mass is 10.2. The van der Waals surface area contributed by atoms with Crippen LogP contribution in [0.3, 0.4) is 0 Å². The summed E-state index contributed by atoms with van der Waals surface area (Å²) in [5.41, 5.74) is 0.674. The van der Waals surface area contributed by atoms with Gasteiger partial charge in [0.25, 0.3) is 0 Å². The van der Waals surface area contributed by atoms with Gasteiger partial charge in [-0.15, -0.1) is 0 Å². The van der Waals surface area contributed by atoms with Crippen LogP contribution in [0.2, 0.25) is 5.02 Å². The molecule has 1 aromatic carbocycles. The molecule has 0 aliphatic rings. The van der Waals surface area contributed by atoms with Crippen molar-refractivity contribution in [2.45, 2.75) is 13.5 Å². The number of aryl methyl sites for hydroxylation is 1. The molecule has 0 aliphatic carbocycles. The number of aromatic nitrogens is 1. The van der Waals surface area contributed by atoms with E-state index in [9.17, 15) is 9.18 Å². The molecule has 0 aliphatic heterocycles. The van der Waals surface area contributed by atoms with Gasteiger partial charge in [-0.1, -0.05) is 11.6 Å². The van der Waals surface area contributed by atoms with E-state index in [0.717, 1.165) is 0 Å². The molecule has 1 heterocycles. The minimum atomic E-state index is -1.05. The Kier molecular flexibility index (Phi) is 2.59. The van der Waals surface area contributed by atoms with Gasteiger partial charge in [0.05, 0.1) is 10.5 Å². The quantitative estimate of drug-likeness (QED) is 0.878. The summed E-state index contributed by atoms with van der Waals surface area (Å²) in [6.45, 7) is 2.28. The van der Waals surface area contributed by atoms with Crippen LogP contribution in [-0.4, -0.2) is 15.6 Å². The standard InChI is InChI=1S/C11H9ClFNO2/c1-2-14-9(11(15)16)4-6-3-7(13)5-8(12)10(6)14/h3-5H,2H2,1H3,(H,15,16). The molecule has 2 aromatic rings. The molecule has 0 bridgehead atoms. The lowest BCUT2D eigenvalue weighted by Gasteiger charge is -2.05. The fourth-order valence-electron chi connectivity index (χ4n) is 1.83. The number of benzene rings is 1. The van der Waals surface area contributed by atoms with Crippen molar-refractivity contribution >= 4 is 28.5 Å². The van der Waals surface area contributed by atoms with Crippen molar-refractivity contribution < 1.29 is 14.3 Å². The van der Waals surface area contributed by atoms with Crippen LogP contribution < -0.4 is 0 Å². The maximum atomic E-state index is 13.1. The minimum absolute atomic E-state index is 0.116. The minimum Gasteiger partial charge on any atom is -0.477 e. The van der Waals surface area contributed by atoms with Crippen LogP contribution in [0.4, 0.5) is 4.39 Å². The third-order valence-electron chi connectivity index (χ3n) is 2.45. The molecule has 0 fully saturated rings. The summed E-state index contributed by atoms with van der Waals surface area (Å²) in [4.78, 5) is 11.0. The van der Waals surface area contributed by atoms with Gasteiger partial charge < -0.3 is 9.67 Å². The van der Waals surface area contributed by atoms with E-state index in [4.69, 9.17) is 16.7 Å². The Morgan fingerprint density at radius 2 is 2.19 bits per heavy atom. The first-order chi connectivity index (χ1) is 7.54. The fourth-order valence-corrected chi connectivity index (χ4v) is 2.15. The molecule has 3 nitrogen and oxygen atoms in total. The summed E-state index contributed by atoms with van der Waals surface area (Å²) in [6, 6.07) is 3.89. The van der Waals surface area contributed by atoms with Crippen LogP contribution in [-0.2, 0) is 6.54 Å². The number of rotatable bonds is 2. The predicted molar refractivity (Wildman–Crippen MR) is 59.5 cm³/mol. The molecule has 0 atom stereocenters. The lowest BCUT2D eigenvalue weighted by Crippen LogP contribution is -2.06. The van der Waals surface area contributed by atoms with Crippen molar-refractivity contribution in [3.63, 3.8) is 0 Å². The van der Waals surface area contributed by atoms with Gasteiger partial charge in [0, 0.05) is 11.9 Å². The van der Waals surface area contributed by atoms with Crippen molar-refractivity contribution in [1.82, 2.24) is 4.57 Å². The normalized spacial score (nSPS) is 10.9. The highest BCUT2D eigenvalue weighted by atomic mass is 35.5. The molecule has 5 heteroatoms. The predicted octanol–water partition coefficient (Wildman–Crippen LogP) is 3.15. The highest BCUT2D eigenvalue weighted by Gasteiger charge is 2.16. The SMILES string of the molecule is CCn1c(C(=O)O)cc2cc(F)cc(Cl)c21. The molecule has 1 N–H and O–H groups in total. The first-order valence-electron chi connectivity index (χ1n) is 4.76. The Balaban J connectivity index is 2.87. The first-order valence-corrected chi connectivity index (χ1v) is 5.14. The second-order valence-electron chi connectivity index (χ2n) is 3.40. The van der Waals surface area contributed by atoms with Crippen LogP contribution >= 0.6 is 11.6 Å². The molecular formula is C11H9ClFNO2. The van der Waals surface area contributed by atoms with Gasteiger partial charge in [-0.2, -0.15) is 0 Å². The Labute approximate surface area is 96.1 Å². The highest BCUT2D eigenvalue weighted by Crippen LogP contribution is 2.28. The number of carboxylic acids is 1. The summed E-state index contributed by atoms with van der Waals surface area (Å²) >= 11 is 5.91. The van der Waals surface area contributed by atoms with Crippen LogP contribution in [0.15, 0.2) is 18.2 Å². The average molecular weight is 242 g/mol. The van der Waals surface area contributed by atoms with Crippen molar-refractivity contribution in [2.24, 2.45) is 0 Å². The molecular weight excluding hydrogens is 233 g/mol. The van der Waals surface area contributed by atoms with Crippen molar-refractivity contribution in [1.29, 1.82) is 0 Å². The van der Waals surface area contributed by atoms with Gasteiger partial charge in [0.2, 0.25) is 0 Å². The average Bonchev–Trinajstić information content (AvgIpc) is 2.56. The largest absolute Gasteiger partial charge is 0.477 e. The maximum Gasteiger partial charge on any atom is 0.352 e. The third kappa shape index (κ3) is 1.55. The number of aromatic carboxylic acids is 1. The van der Waals surface area contributed by atoms with Gasteiger partial charge in [0.1, 0.15) is 11.5 Å². The lowest BCUT2D eigenvalue weighted by molar-refractivity contribution is 0.0686. The Morgan fingerprint density at radius 3 is 2.75 bits per heavy atom. The molecule has 0 spiro atoms. The zero-order valence-electron chi connectivity index (χ0n) is 8.50. The van der Waals surface area contributed by atoms with E-state index in [2.05, 4.69) is 0 Å². The molecule has 0 saturated carbocycles. The van der Waals surface area contributed by atoms with E-state index in [1.165, 1.54) is 18.2 Å². The smallest absolute Gasteiger partial charge is 0.352 e. The summed E-state index contributed by atoms with van der Waals surface area (Å²) in [5, 5.41) is 9.73. The zero-order chi connectivity index (χ0) is 11.9. The van der Waals surface area contributed by atoms with Crippen LogP contribution in [0.5, 0.6) is 0 Å². The summed E-state index contributed by atoms with van der Waals surface area (Å²) in [6.07, 6.45) is 0. The summed E-state index contributed by atoms with van der Waals surface area (Å²) < 4.78 is 14.7. The van der Waals surface area contributed by atoms with E-state index in [1.54, 1.807) is 4.57 Å². The van der Waals surface area contributed by atoms with Crippen molar-refractivity contribution in [3.05, 3.63) is 34.7 Å². The molecule has 1 aromatic heterocycles. The fraction of sp³-hybridized carbons (Fsp3) is 0.182.